The van der Waals surface area contributed by atoms with Gasteiger partial charge in [-0.2, -0.15) is 0 Å². The van der Waals surface area contributed by atoms with Crippen LogP contribution in [0.4, 0.5) is 10.1 Å². The lowest BCUT2D eigenvalue weighted by atomic mass is 10.1. The predicted molar refractivity (Wildman–Crippen MR) is 62.9 cm³/mol. The minimum absolute atomic E-state index is 0.0182. The van der Waals surface area contributed by atoms with Crippen molar-refractivity contribution < 1.29 is 9.18 Å². The second kappa shape index (κ2) is 6.23. The molecule has 1 aromatic rings. The summed E-state index contributed by atoms with van der Waals surface area (Å²) in [6, 6.07) is 4.08. The maximum Gasteiger partial charge on any atom is 0.164 e. The standard InChI is InChI=1S/C12H17FN2O/c1-2-6-15-7-5-12(16)9-3-4-10(13)11(14)8-9/h3-4,8,15H,2,5-7,14H2,1H3. The van der Waals surface area contributed by atoms with Gasteiger partial charge < -0.3 is 11.1 Å². The van der Waals surface area contributed by atoms with Crippen LogP contribution in [0.15, 0.2) is 18.2 Å². The van der Waals surface area contributed by atoms with Gasteiger partial charge in [0, 0.05) is 18.5 Å². The monoisotopic (exact) mass is 224 g/mol. The highest BCUT2D eigenvalue weighted by Gasteiger charge is 2.07. The highest BCUT2D eigenvalue weighted by atomic mass is 19.1. The number of rotatable bonds is 6. The van der Waals surface area contributed by atoms with Crippen LogP contribution in [0.3, 0.4) is 0 Å². The average Bonchev–Trinajstić information content (AvgIpc) is 2.28. The number of halogens is 1. The van der Waals surface area contributed by atoms with Crippen molar-refractivity contribution in [1.82, 2.24) is 5.32 Å². The molecule has 4 heteroatoms. The largest absolute Gasteiger partial charge is 0.396 e. The van der Waals surface area contributed by atoms with E-state index in [2.05, 4.69) is 12.2 Å². The number of carbonyl (C=O) groups is 1. The number of hydrogen-bond donors (Lipinski definition) is 2. The lowest BCUT2D eigenvalue weighted by molar-refractivity contribution is 0.0982. The fourth-order valence-electron chi connectivity index (χ4n) is 1.37. The summed E-state index contributed by atoms with van der Waals surface area (Å²) in [5, 5.41) is 3.14. The van der Waals surface area contributed by atoms with Crippen molar-refractivity contribution in [3.63, 3.8) is 0 Å². The summed E-state index contributed by atoms with van der Waals surface area (Å²) < 4.78 is 12.9. The molecule has 0 aliphatic heterocycles. The van der Waals surface area contributed by atoms with E-state index < -0.39 is 5.82 Å². The predicted octanol–water partition coefficient (Wildman–Crippen LogP) is 1.98. The van der Waals surface area contributed by atoms with Gasteiger partial charge in [0.2, 0.25) is 0 Å². The van der Waals surface area contributed by atoms with Crippen LogP contribution in [0.25, 0.3) is 0 Å². The Morgan fingerprint density at radius 2 is 2.19 bits per heavy atom. The Kier molecular flexibility index (Phi) is 4.92. The van der Waals surface area contributed by atoms with Crippen molar-refractivity contribution >= 4 is 11.5 Å². The molecule has 16 heavy (non-hydrogen) atoms. The fraction of sp³-hybridized carbons (Fsp3) is 0.417. The Morgan fingerprint density at radius 1 is 1.44 bits per heavy atom. The van der Waals surface area contributed by atoms with Crippen LogP contribution in [0.5, 0.6) is 0 Å². The van der Waals surface area contributed by atoms with Crippen molar-refractivity contribution in [3.05, 3.63) is 29.6 Å². The quantitative estimate of drug-likeness (QED) is 0.441. The number of Topliss-reactive ketones (excluding diaryl/α,β-unsaturated/α-hetero) is 1. The van der Waals surface area contributed by atoms with Crippen LogP contribution in [0.1, 0.15) is 30.1 Å². The maximum atomic E-state index is 12.9. The zero-order chi connectivity index (χ0) is 12.0. The van der Waals surface area contributed by atoms with E-state index in [1.54, 1.807) is 0 Å². The Labute approximate surface area is 94.8 Å². The van der Waals surface area contributed by atoms with Crippen molar-refractivity contribution in [2.24, 2.45) is 0 Å². The van der Waals surface area contributed by atoms with Crippen molar-refractivity contribution in [2.45, 2.75) is 19.8 Å². The zero-order valence-corrected chi connectivity index (χ0v) is 9.42. The first-order chi connectivity index (χ1) is 7.65. The molecule has 0 unspecified atom stereocenters. The number of nitrogen functional groups attached to an aromatic ring is 1. The lowest BCUT2D eigenvalue weighted by Crippen LogP contribution is -2.19. The van der Waals surface area contributed by atoms with Gasteiger partial charge in [0.05, 0.1) is 5.69 Å². The molecule has 3 nitrogen and oxygen atoms in total. The maximum absolute atomic E-state index is 12.9. The van der Waals surface area contributed by atoms with E-state index in [9.17, 15) is 9.18 Å². The van der Waals surface area contributed by atoms with E-state index in [1.807, 2.05) is 0 Å². The van der Waals surface area contributed by atoms with Crippen molar-refractivity contribution in [3.8, 4) is 0 Å². The molecule has 0 aliphatic rings. The molecule has 0 heterocycles. The van der Waals surface area contributed by atoms with E-state index in [1.165, 1.54) is 18.2 Å². The molecule has 88 valence electrons. The SMILES string of the molecule is CCCNCCC(=O)c1ccc(F)c(N)c1. The molecule has 0 amide bonds. The summed E-state index contributed by atoms with van der Waals surface area (Å²) in [5.74, 6) is -0.504. The molecule has 0 saturated heterocycles. The third kappa shape index (κ3) is 3.62. The minimum atomic E-state index is -0.486. The first-order valence-corrected chi connectivity index (χ1v) is 5.44. The third-order valence-corrected chi connectivity index (χ3v) is 2.27. The molecule has 0 saturated carbocycles. The smallest absolute Gasteiger partial charge is 0.164 e. The Balaban J connectivity index is 2.50. The summed E-state index contributed by atoms with van der Waals surface area (Å²) >= 11 is 0. The Morgan fingerprint density at radius 3 is 2.81 bits per heavy atom. The van der Waals surface area contributed by atoms with E-state index in [4.69, 9.17) is 5.73 Å². The molecule has 0 spiro atoms. The number of anilines is 1. The molecule has 0 aliphatic carbocycles. The molecule has 0 atom stereocenters. The van der Waals surface area contributed by atoms with Crippen LogP contribution >= 0.6 is 0 Å². The summed E-state index contributed by atoms with van der Waals surface area (Å²) in [5.41, 5.74) is 5.88. The summed E-state index contributed by atoms with van der Waals surface area (Å²) in [6.07, 6.45) is 1.45. The van der Waals surface area contributed by atoms with Gasteiger partial charge >= 0.3 is 0 Å². The van der Waals surface area contributed by atoms with Gasteiger partial charge in [-0.05, 0) is 31.2 Å². The van der Waals surface area contributed by atoms with Crippen molar-refractivity contribution in [2.75, 3.05) is 18.8 Å². The van der Waals surface area contributed by atoms with Crippen LogP contribution in [0.2, 0.25) is 0 Å². The fourth-order valence-corrected chi connectivity index (χ4v) is 1.37. The third-order valence-electron chi connectivity index (χ3n) is 2.27. The van der Waals surface area contributed by atoms with E-state index in [0.717, 1.165) is 13.0 Å². The molecule has 0 bridgehead atoms. The molecule has 1 aromatic carbocycles. The van der Waals surface area contributed by atoms with Gasteiger partial charge in [-0.1, -0.05) is 6.92 Å². The molecule has 1 rings (SSSR count). The lowest BCUT2D eigenvalue weighted by Gasteiger charge is -2.04. The summed E-state index contributed by atoms with van der Waals surface area (Å²) in [7, 11) is 0. The molecule has 0 fully saturated rings. The number of nitrogens with two attached hydrogens (primary N) is 1. The van der Waals surface area contributed by atoms with Gasteiger partial charge in [-0.15, -0.1) is 0 Å². The van der Waals surface area contributed by atoms with Gasteiger partial charge in [-0.25, -0.2) is 4.39 Å². The topological polar surface area (TPSA) is 55.1 Å². The van der Waals surface area contributed by atoms with E-state index >= 15 is 0 Å². The van der Waals surface area contributed by atoms with E-state index in [-0.39, 0.29) is 11.5 Å². The van der Waals surface area contributed by atoms with Crippen LogP contribution in [-0.4, -0.2) is 18.9 Å². The second-order valence-corrected chi connectivity index (χ2v) is 3.66. The highest BCUT2D eigenvalue weighted by molar-refractivity contribution is 5.96. The van der Waals surface area contributed by atoms with Gasteiger partial charge in [0.25, 0.3) is 0 Å². The van der Waals surface area contributed by atoms with Gasteiger partial charge in [0.15, 0.2) is 5.78 Å². The number of hydrogen-bond acceptors (Lipinski definition) is 3. The van der Waals surface area contributed by atoms with Crippen LogP contribution < -0.4 is 11.1 Å². The Hall–Kier alpha value is -1.42. The normalized spacial score (nSPS) is 10.4. The van der Waals surface area contributed by atoms with Gasteiger partial charge in [0.1, 0.15) is 5.82 Å². The number of carbonyl (C=O) groups excluding carboxylic acids is 1. The Bertz CT molecular complexity index is 366. The molecular weight excluding hydrogens is 207 g/mol. The number of ketones is 1. The molecule has 0 aromatic heterocycles. The number of nitrogens with one attached hydrogen (secondary N) is 1. The van der Waals surface area contributed by atoms with Crippen LogP contribution in [0, 0.1) is 5.82 Å². The van der Waals surface area contributed by atoms with Crippen molar-refractivity contribution in [1.29, 1.82) is 0 Å². The second-order valence-electron chi connectivity index (χ2n) is 3.66. The molecular formula is C12H17FN2O. The first kappa shape index (κ1) is 12.6. The van der Waals surface area contributed by atoms with Crippen LogP contribution in [-0.2, 0) is 0 Å². The molecule has 0 radical (unpaired) electrons. The van der Waals surface area contributed by atoms with E-state index in [0.29, 0.717) is 18.5 Å². The summed E-state index contributed by atoms with van der Waals surface area (Å²) in [6.45, 7) is 3.61. The highest BCUT2D eigenvalue weighted by Crippen LogP contribution is 2.13. The van der Waals surface area contributed by atoms with Gasteiger partial charge in [-0.3, -0.25) is 4.79 Å². The first-order valence-electron chi connectivity index (χ1n) is 5.44. The molecule has 3 N–H and O–H groups in total. The zero-order valence-electron chi connectivity index (χ0n) is 9.42. The number of benzene rings is 1. The summed E-state index contributed by atoms with van der Waals surface area (Å²) in [4.78, 5) is 11.7. The average molecular weight is 224 g/mol. The minimum Gasteiger partial charge on any atom is -0.396 e.